The molecule has 3 heteroatoms. The van der Waals surface area contributed by atoms with Gasteiger partial charge in [0.25, 0.3) is 0 Å². The SMILES string of the molecule is CCCOCc1ccc(N)cc1N. The molecular weight excluding hydrogens is 164 g/mol. The van der Waals surface area contributed by atoms with E-state index in [4.69, 9.17) is 16.2 Å². The normalized spacial score (nSPS) is 10.2. The summed E-state index contributed by atoms with van der Waals surface area (Å²) in [6.45, 7) is 3.41. The van der Waals surface area contributed by atoms with Gasteiger partial charge in [-0.2, -0.15) is 0 Å². The number of hydrogen-bond donors (Lipinski definition) is 2. The maximum Gasteiger partial charge on any atom is 0.0736 e. The molecule has 13 heavy (non-hydrogen) atoms. The van der Waals surface area contributed by atoms with Crippen molar-refractivity contribution in [1.82, 2.24) is 0 Å². The van der Waals surface area contributed by atoms with Crippen molar-refractivity contribution in [3.05, 3.63) is 23.8 Å². The van der Waals surface area contributed by atoms with Crippen molar-refractivity contribution in [2.24, 2.45) is 0 Å². The number of nitrogens with two attached hydrogens (primary N) is 2. The highest BCUT2D eigenvalue weighted by Crippen LogP contribution is 2.16. The fraction of sp³-hybridized carbons (Fsp3) is 0.400. The summed E-state index contributed by atoms with van der Waals surface area (Å²) in [4.78, 5) is 0. The molecule has 0 aliphatic heterocycles. The Bertz CT molecular complexity index is 274. The first-order chi connectivity index (χ1) is 6.24. The van der Waals surface area contributed by atoms with Gasteiger partial charge in [-0.3, -0.25) is 0 Å². The van der Waals surface area contributed by atoms with Crippen LogP contribution in [0.2, 0.25) is 0 Å². The highest BCUT2D eigenvalue weighted by Gasteiger charge is 1.98. The molecule has 0 radical (unpaired) electrons. The van der Waals surface area contributed by atoms with Gasteiger partial charge in [0, 0.05) is 23.5 Å². The van der Waals surface area contributed by atoms with Crippen molar-refractivity contribution in [2.75, 3.05) is 18.1 Å². The number of hydrogen-bond acceptors (Lipinski definition) is 3. The van der Waals surface area contributed by atoms with Crippen molar-refractivity contribution in [3.8, 4) is 0 Å². The third-order valence-electron chi connectivity index (χ3n) is 1.78. The first kappa shape index (κ1) is 9.86. The highest BCUT2D eigenvalue weighted by molar-refractivity contribution is 5.56. The van der Waals surface area contributed by atoms with Gasteiger partial charge in [-0.05, 0) is 18.6 Å². The van der Waals surface area contributed by atoms with Crippen molar-refractivity contribution in [3.63, 3.8) is 0 Å². The lowest BCUT2D eigenvalue weighted by atomic mass is 10.2. The molecule has 0 atom stereocenters. The Labute approximate surface area is 78.7 Å². The van der Waals surface area contributed by atoms with Crippen LogP contribution in [0.5, 0.6) is 0 Å². The second-order valence-electron chi connectivity index (χ2n) is 3.01. The largest absolute Gasteiger partial charge is 0.399 e. The minimum atomic E-state index is 0.569. The number of benzene rings is 1. The molecule has 4 N–H and O–H groups in total. The van der Waals surface area contributed by atoms with Crippen LogP contribution in [0.25, 0.3) is 0 Å². The first-order valence-corrected chi connectivity index (χ1v) is 4.45. The van der Waals surface area contributed by atoms with Gasteiger partial charge < -0.3 is 16.2 Å². The molecule has 0 bridgehead atoms. The zero-order valence-corrected chi connectivity index (χ0v) is 7.92. The first-order valence-electron chi connectivity index (χ1n) is 4.45. The highest BCUT2D eigenvalue weighted by atomic mass is 16.5. The van der Waals surface area contributed by atoms with Gasteiger partial charge in [0.1, 0.15) is 0 Å². The van der Waals surface area contributed by atoms with E-state index in [1.54, 1.807) is 6.07 Å². The van der Waals surface area contributed by atoms with E-state index in [1.807, 2.05) is 12.1 Å². The Morgan fingerprint density at radius 2 is 2.08 bits per heavy atom. The zero-order chi connectivity index (χ0) is 9.68. The minimum absolute atomic E-state index is 0.569. The predicted molar refractivity (Wildman–Crippen MR) is 55.2 cm³/mol. The van der Waals surface area contributed by atoms with E-state index in [1.165, 1.54) is 0 Å². The Morgan fingerprint density at radius 3 is 2.69 bits per heavy atom. The third-order valence-corrected chi connectivity index (χ3v) is 1.78. The maximum absolute atomic E-state index is 5.74. The van der Waals surface area contributed by atoms with Crippen LogP contribution in [-0.4, -0.2) is 6.61 Å². The number of ether oxygens (including phenoxy) is 1. The maximum atomic E-state index is 5.74. The van der Waals surface area contributed by atoms with E-state index in [0.717, 1.165) is 18.6 Å². The number of rotatable bonds is 4. The van der Waals surface area contributed by atoms with Crippen LogP contribution < -0.4 is 11.5 Å². The van der Waals surface area contributed by atoms with Crippen LogP contribution in [-0.2, 0) is 11.3 Å². The summed E-state index contributed by atoms with van der Waals surface area (Å²) >= 11 is 0. The molecule has 1 aromatic carbocycles. The predicted octanol–water partition coefficient (Wildman–Crippen LogP) is 1.78. The molecule has 0 fully saturated rings. The molecule has 1 aromatic rings. The Morgan fingerprint density at radius 1 is 1.31 bits per heavy atom. The summed E-state index contributed by atoms with van der Waals surface area (Å²) in [5, 5.41) is 0. The average molecular weight is 180 g/mol. The van der Waals surface area contributed by atoms with Crippen LogP contribution in [0, 0.1) is 0 Å². The summed E-state index contributed by atoms with van der Waals surface area (Å²) in [6.07, 6.45) is 1.02. The van der Waals surface area contributed by atoms with E-state index in [0.29, 0.717) is 18.0 Å². The number of anilines is 2. The van der Waals surface area contributed by atoms with Gasteiger partial charge in [0.05, 0.1) is 6.61 Å². The minimum Gasteiger partial charge on any atom is -0.399 e. The Balaban J connectivity index is 2.56. The molecule has 72 valence electrons. The lowest BCUT2D eigenvalue weighted by Gasteiger charge is -2.06. The third kappa shape index (κ3) is 2.95. The van der Waals surface area contributed by atoms with Crippen molar-refractivity contribution >= 4 is 11.4 Å². The molecule has 0 amide bonds. The van der Waals surface area contributed by atoms with E-state index >= 15 is 0 Å². The Hall–Kier alpha value is -1.22. The summed E-state index contributed by atoms with van der Waals surface area (Å²) in [5.74, 6) is 0. The molecule has 0 heterocycles. The molecule has 0 saturated heterocycles. The molecule has 3 nitrogen and oxygen atoms in total. The van der Waals surface area contributed by atoms with Gasteiger partial charge in [-0.1, -0.05) is 13.0 Å². The zero-order valence-electron chi connectivity index (χ0n) is 7.92. The molecule has 0 aliphatic rings. The average Bonchev–Trinajstić information content (AvgIpc) is 2.09. The van der Waals surface area contributed by atoms with E-state index < -0.39 is 0 Å². The molecular formula is C10H16N2O. The lowest BCUT2D eigenvalue weighted by Crippen LogP contribution is -1.99. The second kappa shape index (κ2) is 4.72. The molecule has 1 rings (SSSR count). The summed E-state index contributed by atoms with van der Waals surface area (Å²) < 4.78 is 5.37. The van der Waals surface area contributed by atoms with Crippen LogP contribution in [0.4, 0.5) is 11.4 Å². The fourth-order valence-corrected chi connectivity index (χ4v) is 1.07. The second-order valence-corrected chi connectivity index (χ2v) is 3.01. The number of nitrogen functional groups attached to an aromatic ring is 2. The van der Waals surface area contributed by atoms with Crippen molar-refractivity contribution < 1.29 is 4.74 Å². The molecule has 0 spiro atoms. The van der Waals surface area contributed by atoms with Gasteiger partial charge in [0.2, 0.25) is 0 Å². The van der Waals surface area contributed by atoms with E-state index in [9.17, 15) is 0 Å². The molecule has 0 unspecified atom stereocenters. The topological polar surface area (TPSA) is 61.3 Å². The van der Waals surface area contributed by atoms with E-state index in [2.05, 4.69) is 6.92 Å². The van der Waals surface area contributed by atoms with Gasteiger partial charge in [-0.15, -0.1) is 0 Å². The van der Waals surface area contributed by atoms with Crippen LogP contribution >= 0.6 is 0 Å². The smallest absolute Gasteiger partial charge is 0.0736 e. The Kier molecular flexibility index (Phi) is 3.58. The van der Waals surface area contributed by atoms with Crippen molar-refractivity contribution in [2.45, 2.75) is 20.0 Å². The van der Waals surface area contributed by atoms with Crippen LogP contribution in [0.15, 0.2) is 18.2 Å². The summed E-state index contributed by atoms with van der Waals surface area (Å²) in [7, 11) is 0. The summed E-state index contributed by atoms with van der Waals surface area (Å²) in [5.41, 5.74) is 13.7. The lowest BCUT2D eigenvalue weighted by molar-refractivity contribution is 0.122. The quantitative estimate of drug-likeness (QED) is 0.548. The van der Waals surface area contributed by atoms with E-state index in [-0.39, 0.29) is 0 Å². The fourth-order valence-electron chi connectivity index (χ4n) is 1.07. The van der Waals surface area contributed by atoms with Gasteiger partial charge >= 0.3 is 0 Å². The monoisotopic (exact) mass is 180 g/mol. The van der Waals surface area contributed by atoms with Gasteiger partial charge in [-0.25, -0.2) is 0 Å². The van der Waals surface area contributed by atoms with Crippen LogP contribution in [0.3, 0.4) is 0 Å². The standard InChI is InChI=1S/C10H16N2O/c1-2-5-13-7-8-3-4-9(11)6-10(8)12/h3-4,6H,2,5,7,11-12H2,1H3. The molecule has 0 aliphatic carbocycles. The van der Waals surface area contributed by atoms with Gasteiger partial charge in [0.15, 0.2) is 0 Å². The van der Waals surface area contributed by atoms with Crippen LogP contribution in [0.1, 0.15) is 18.9 Å². The molecule has 0 aromatic heterocycles. The molecule has 0 saturated carbocycles. The van der Waals surface area contributed by atoms with Crippen molar-refractivity contribution in [1.29, 1.82) is 0 Å². The summed E-state index contributed by atoms with van der Waals surface area (Å²) in [6, 6.07) is 5.49.